The van der Waals surface area contributed by atoms with E-state index in [1.54, 1.807) is 6.07 Å². The molecular formula is C17H9ClFNO2. The number of fused-ring (bicyclic) bond motifs is 1. The van der Waals surface area contributed by atoms with Crippen LogP contribution < -0.4 is 0 Å². The summed E-state index contributed by atoms with van der Waals surface area (Å²) in [6.07, 6.45) is 5.50. The van der Waals surface area contributed by atoms with Crippen LogP contribution in [0.3, 0.4) is 0 Å². The summed E-state index contributed by atoms with van der Waals surface area (Å²) in [6.45, 7) is 0. The average molecular weight is 314 g/mol. The zero-order valence-corrected chi connectivity index (χ0v) is 11.9. The minimum Gasteiger partial charge on any atom is -0.508 e. The van der Waals surface area contributed by atoms with E-state index in [1.165, 1.54) is 24.3 Å². The highest BCUT2D eigenvalue weighted by Gasteiger charge is 2.12. The molecular weight excluding hydrogens is 305 g/mol. The molecule has 2 aromatic carbocycles. The van der Waals surface area contributed by atoms with Crippen molar-refractivity contribution >= 4 is 22.5 Å². The van der Waals surface area contributed by atoms with E-state index < -0.39 is 11.6 Å². The van der Waals surface area contributed by atoms with Gasteiger partial charge in [-0.25, -0.2) is 9.37 Å². The van der Waals surface area contributed by atoms with E-state index in [4.69, 9.17) is 18.0 Å². The van der Waals surface area contributed by atoms with Crippen molar-refractivity contribution in [1.82, 2.24) is 4.98 Å². The van der Waals surface area contributed by atoms with Crippen LogP contribution in [0, 0.1) is 18.2 Å². The van der Waals surface area contributed by atoms with Gasteiger partial charge in [-0.1, -0.05) is 17.5 Å². The third-order valence-corrected chi connectivity index (χ3v) is 3.54. The van der Waals surface area contributed by atoms with Crippen molar-refractivity contribution in [2.24, 2.45) is 0 Å². The first-order valence-corrected chi connectivity index (χ1v) is 6.66. The predicted molar refractivity (Wildman–Crippen MR) is 83.4 cm³/mol. The number of phenolic OH excluding ortho intramolecular Hbond substituents is 2. The number of halogens is 2. The van der Waals surface area contributed by atoms with Crippen molar-refractivity contribution in [2.75, 3.05) is 0 Å². The van der Waals surface area contributed by atoms with Crippen LogP contribution in [0.15, 0.2) is 36.4 Å². The molecule has 0 atom stereocenters. The van der Waals surface area contributed by atoms with Crippen molar-refractivity contribution < 1.29 is 14.6 Å². The molecule has 3 nitrogen and oxygen atoms in total. The highest BCUT2D eigenvalue weighted by molar-refractivity contribution is 6.35. The second kappa shape index (κ2) is 5.21. The fraction of sp³-hybridized carbons (Fsp3) is 0. The molecule has 0 radical (unpaired) electrons. The lowest BCUT2D eigenvalue weighted by Gasteiger charge is -2.08. The summed E-state index contributed by atoms with van der Waals surface area (Å²) in [6, 6.07) is 8.37. The smallest absolute Gasteiger partial charge is 0.165 e. The highest BCUT2D eigenvalue weighted by Crippen LogP contribution is 2.33. The first-order valence-electron chi connectivity index (χ1n) is 6.28. The number of phenols is 2. The zero-order chi connectivity index (χ0) is 15.9. The van der Waals surface area contributed by atoms with E-state index >= 15 is 0 Å². The predicted octanol–water partition coefficient (Wildman–Crippen LogP) is 4.09. The molecule has 22 heavy (non-hydrogen) atoms. The maximum absolute atomic E-state index is 13.5. The quantitative estimate of drug-likeness (QED) is 0.665. The van der Waals surface area contributed by atoms with Crippen LogP contribution in [0.25, 0.3) is 22.2 Å². The van der Waals surface area contributed by atoms with Gasteiger partial charge in [0.2, 0.25) is 0 Å². The second-order valence-electron chi connectivity index (χ2n) is 4.69. The molecule has 1 heterocycles. The summed E-state index contributed by atoms with van der Waals surface area (Å²) in [5.74, 6) is 1.30. The Morgan fingerprint density at radius 3 is 2.59 bits per heavy atom. The largest absolute Gasteiger partial charge is 0.508 e. The van der Waals surface area contributed by atoms with Crippen molar-refractivity contribution in [3.63, 3.8) is 0 Å². The van der Waals surface area contributed by atoms with Gasteiger partial charge in [-0.3, -0.25) is 0 Å². The van der Waals surface area contributed by atoms with E-state index in [1.807, 2.05) is 0 Å². The van der Waals surface area contributed by atoms with Gasteiger partial charge in [0.05, 0.1) is 16.2 Å². The molecule has 3 aromatic rings. The molecule has 0 saturated carbocycles. The van der Waals surface area contributed by atoms with Crippen molar-refractivity contribution in [2.45, 2.75) is 0 Å². The van der Waals surface area contributed by atoms with Gasteiger partial charge in [-0.15, -0.1) is 6.42 Å². The highest BCUT2D eigenvalue weighted by atomic mass is 35.5. The molecule has 0 amide bonds. The third kappa shape index (κ3) is 2.32. The Hall–Kier alpha value is -2.77. The number of aromatic nitrogens is 1. The fourth-order valence-electron chi connectivity index (χ4n) is 2.20. The van der Waals surface area contributed by atoms with Crippen LogP contribution in [-0.4, -0.2) is 15.2 Å². The molecule has 0 bridgehead atoms. The molecule has 0 saturated heterocycles. The SMILES string of the molecule is C#Cc1cc(-c2ccc(O)c(F)c2)nc2c(Cl)cc(O)cc12. The van der Waals surface area contributed by atoms with E-state index in [9.17, 15) is 14.6 Å². The van der Waals surface area contributed by atoms with E-state index in [2.05, 4.69) is 10.9 Å². The lowest BCUT2D eigenvalue weighted by Crippen LogP contribution is -1.91. The summed E-state index contributed by atoms with van der Waals surface area (Å²) < 4.78 is 13.5. The standard InChI is InChI=1S/C17H9ClFNO2/c1-2-9-6-15(10-3-4-16(22)14(19)5-10)20-17-12(9)7-11(21)8-13(17)18/h1,3-8,21-22H. The van der Waals surface area contributed by atoms with Crippen LogP contribution in [0.2, 0.25) is 5.02 Å². The van der Waals surface area contributed by atoms with Crippen LogP contribution in [0.4, 0.5) is 4.39 Å². The maximum atomic E-state index is 13.5. The Labute approximate surface area is 130 Å². The van der Waals surface area contributed by atoms with Crippen LogP contribution in [0.1, 0.15) is 5.56 Å². The van der Waals surface area contributed by atoms with Gasteiger partial charge in [0.15, 0.2) is 11.6 Å². The van der Waals surface area contributed by atoms with Gasteiger partial charge < -0.3 is 10.2 Å². The molecule has 3 rings (SSSR count). The number of hydrogen-bond donors (Lipinski definition) is 2. The molecule has 5 heteroatoms. The monoisotopic (exact) mass is 313 g/mol. The topological polar surface area (TPSA) is 53.4 Å². The van der Waals surface area contributed by atoms with Crippen molar-refractivity contribution in [1.29, 1.82) is 0 Å². The average Bonchev–Trinajstić information content (AvgIpc) is 2.49. The van der Waals surface area contributed by atoms with Gasteiger partial charge in [-0.2, -0.15) is 0 Å². The summed E-state index contributed by atoms with van der Waals surface area (Å²) in [7, 11) is 0. The minimum absolute atomic E-state index is 0.0146. The Morgan fingerprint density at radius 1 is 1.14 bits per heavy atom. The Balaban J connectivity index is 2.32. The third-order valence-electron chi connectivity index (χ3n) is 3.25. The number of rotatable bonds is 1. The van der Waals surface area contributed by atoms with Gasteiger partial charge >= 0.3 is 0 Å². The summed E-state index contributed by atoms with van der Waals surface area (Å²) in [5, 5.41) is 19.7. The number of terminal acetylenes is 1. The molecule has 108 valence electrons. The summed E-state index contributed by atoms with van der Waals surface area (Å²) >= 11 is 6.10. The summed E-state index contributed by atoms with van der Waals surface area (Å²) in [5.41, 5.74) is 1.77. The van der Waals surface area contributed by atoms with Gasteiger partial charge in [0.1, 0.15) is 5.75 Å². The van der Waals surface area contributed by atoms with E-state index in [0.29, 0.717) is 27.7 Å². The van der Waals surface area contributed by atoms with Gasteiger partial charge in [-0.05, 0) is 30.3 Å². The van der Waals surface area contributed by atoms with Crippen molar-refractivity contribution in [3.8, 4) is 35.1 Å². The lowest BCUT2D eigenvalue weighted by molar-refractivity contribution is 0.432. The first kappa shape index (κ1) is 14.2. The van der Waals surface area contributed by atoms with E-state index in [0.717, 1.165) is 6.07 Å². The van der Waals surface area contributed by atoms with E-state index in [-0.39, 0.29) is 10.8 Å². The lowest BCUT2D eigenvalue weighted by atomic mass is 10.0. The molecule has 2 N–H and O–H groups in total. The number of aromatic hydroxyl groups is 2. The molecule has 0 fully saturated rings. The molecule has 0 unspecified atom stereocenters. The Morgan fingerprint density at radius 2 is 1.91 bits per heavy atom. The number of pyridine rings is 1. The molecule has 1 aromatic heterocycles. The number of hydrogen-bond acceptors (Lipinski definition) is 3. The van der Waals surface area contributed by atoms with Gasteiger partial charge in [0.25, 0.3) is 0 Å². The normalized spacial score (nSPS) is 10.6. The number of nitrogens with zero attached hydrogens (tertiary/aromatic N) is 1. The minimum atomic E-state index is -0.751. The first-order chi connectivity index (χ1) is 10.5. The Bertz CT molecular complexity index is 948. The van der Waals surface area contributed by atoms with Crippen LogP contribution in [-0.2, 0) is 0 Å². The van der Waals surface area contributed by atoms with Crippen LogP contribution >= 0.6 is 11.6 Å². The molecule has 0 spiro atoms. The van der Waals surface area contributed by atoms with Crippen molar-refractivity contribution in [3.05, 3.63) is 52.8 Å². The number of benzene rings is 2. The van der Waals surface area contributed by atoms with Gasteiger partial charge in [0, 0.05) is 22.6 Å². The second-order valence-corrected chi connectivity index (χ2v) is 5.10. The fourth-order valence-corrected chi connectivity index (χ4v) is 2.46. The van der Waals surface area contributed by atoms with Crippen LogP contribution in [0.5, 0.6) is 11.5 Å². The maximum Gasteiger partial charge on any atom is 0.165 e. The molecule has 0 aliphatic carbocycles. The Kier molecular flexibility index (Phi) is 3.36. The molecule has 0 aliphatic heterocycles. The summed E-state index contributed by atoms with van der Waals surface area (Å²) in [4.78, 5) is 4.38. The zero-order valence-electron chi connectivity index (χ0n) is 11.1. The molecule has 0 aliphatic rings.